The lowest BCUT2D eigenvalue weighted by Crippen LogP contribution is -2.04. The number of phenolic OH excluding ortho intramolecular Hbond substituents is 1. The first-order valence-electron chi connectivity index (χ1n) is 6.86. The number of nitrogens with zero attached hydrogens (tertiary/aromatic N) is 3. The molecule has 0 fully saturated rings. The summed E-state index contributed by atoms with van der Waals surface area (Å²) >= 11 is 0. The number of benzene rings is 1. The van der Waals surface area contributed by atoms with E-state index in [4.69, 9.17) is 0 Å². The Bertz CT molecular complexity index is 716. The number of pyridine rings is 1. The van der Waals surface area contributed by atoms with Gasteiger partial charge in [-0.05, 0) is 36.2 Å². The predicted molar refractivity (Wildman–Crippen MR) is 78.7 cm³/mol. The van der Waals surface area contributed by atoms with Crippen molar-refractivity contribution in [2.75, 3.05) is 0 Å². The lowest BCUT2D eigenvalue weighted by atomic mass is 10.1. The molecule has 3 rings (SSSR count). The van der Waals surface area contributed by atoms with Gasteiger partial charge >= 0.3 is 0 Å². The number of rotatable bonds is 4. The number of phenols is 1. The summed E-state index contributed by atoms with van der Waals surface area (Å²) in [4.78, 5) is 9.12. The molecule has 0 aliphatic heterocycles. The molecule has 0 aliphatic rings. The normalized spacial score (nSPS) is 11.1. The molecule has 0 aliphatic carbocycles. The van der Waals surface area contributed by atoms with Gasteiger partial charge in [-0.3, -0.25) is 0 Å². The Labute approximate surface area is 117 Å². The molecule has 0 radical (unpaired) electrons. The maximum atomic E-state index is 9.35. The SMILES string of the molecule is CCCn1c(Cc2ccc(O)cc2)nc2cccnc21. The zero-order valence-electron chi connectivity index (χ0n) is 11.5. The zero-order valence-corrected chi connectivity index (χ0v) is 11.5. The molecule has 4 heteroatoms. The summed E-state index contributed by atoms with van der Waals surface area (Å²) in [6.07, 6.45) is 3.60. The first kappa shape index (κ1) is 12.7. The highest BCUT2D eigenvalue weighted by atomic mass is 16.3. The van der Waals surface area contributed by atoms with Crippen LogP contribution in [0.4, 0.5) is 0 Å². The fraction of sp³-hybridized carbons (Fsp3) is 0.250. The van der Waals surface area contributed by atoms with Gasteiger partial charge in [0.05, 0.1) is 0 Å². The first-order valence-corrected chi connectivity index (χ1v) is 6.86. The number of hydrogen-bond acceptors (Lipinski definition) is 3. The minimum Gasteiger partial charge on any atom is -0.508 e. The molecule has 4 nitrogen and oxygen atoms in total. The second-order valence-electron chi connectivity index (χ2n) is 4.87. The highest BCUT2D eigenvalue weighted by molar-refractivity contribution is 5.71. The van der Waals surface area contributed by atoms with E-state index in [1.165, 1.54) is 0 Å². The zero-order chi connectivity index (χ0) is 13.9. The van der Waals surface area contributed by atoms with Gasteiger partial charge in [0.1, 0.15) is 17.1 Å². The van der Waals surface area contributed by atoms with Crippen molar-refractivity contribution in [2.45, 2.75) is 26.3 Å². The van der Waals surface area contributed by atoms with Gasteiger partial charge in [0.2, 0.25) is 0 Å². The number of aromatic nitrogens is 3. The van der Waals surface area contributed by atoms with Gasteiger partial charge in [0.25, 0.3) is 0 Å². The molecule has 0 saturated carbocycles. The number of aromatic hydroxyl groups is 1. The molecule has 2 aromatic heterocycles. The smallest absolute Gasteiger partial charge is 0.159 e. The maximum absolute atomic E-state index is 9.35. The standard InChI is InChI=1S/C16H17N3O/c1-2-10-19-15(11-12-5-7-13(20)8-6-12)18-14-4-3-9-17-16(14)19/h3-9,20H,2,10-11H2,1H3. The summed E-state index contributed by atoms with van der Waals surface area (Å²) in [6, 6.07) is 11.2. The molecule has 3 aromatic rings. The van der Waals surface area contributed by atoms with Gasteiger partial charge in [-0.25, -0.2) is 9.97 Å². The van der Waals surface area contributed by atoms with E-state index in [9.17, 15) is 5.11 Å². The summed E-state index contributed by atoms with van der Waals surface area (Å²) in [7, 11) is 0. The monoisotopic (exact) mass is 267 g/mol. The largest absolute Gasteiger partial charge is 0.508 e. The third-order valence-corrected chi connectivity index (χ3v) is 3.33. The van der Waals surface area contributed by atoms with Crippen molar-refractivity contribution in [3.05, 3.63) is 54.0 Å². The lowest BCUT2D eigenvalue weighted by Gasteiger charge is -2.07. The van der Waals surface area contributed by atoms with Gasteiger partial charge < -0.3 is 9.67 Å². The summed E-state index contributed by atoms with van der Waals surface area (Å²) in [5.41, 5.74) is 3.02. The van der Waals surface area contributed by atoms with Crippen LogP contribution in [0, 0.1) is 0 Å². The first-order chi connectivity index (χ1) is 9.78. The van der Waals surface area contributed by atoms with Crippen LogP contribution in [0.1, 0.15) is 24.7 Å². The Morgan fingerprint density at radius 1 is 1.15 bits per heavy atom. The summed E-state index contributed by atoms with van der Waals surface area (Å²) in [6.45, 7) is 3.07. The van der Waals surface area contributed by atoms with Crippen LogP contribution < -0.4 is 0 Å². The summed E-state index contributed by atoms with van der Waals surface area (Å²) < 4.78 is 2.18. The molecule has 0 unspecified atom stereocenters. The number of hydrogen-bond donors (Lipinski definition) is 1. The van der Waals surface area contributed by atoms with Crippen molar-refractivity contribution in [2.24, 2.45) is 0 Å². The molecule has 0 bridgehead atoms. The van der Waals surface area contributed by atoms with Crippen LogP contribution in [0.5, 0.6) is 5.75 Å². The van der Waals surface area contributed by atoms with E-state index < -0.39 is 0 Å². The molecule has 1 aromatic carbocycles. The highest BCUT2D eigenvalue weighted by Gasteiger charge is 2.11. The topological polar surface area (TPSA) is 50.9 Å². The van der Waals surface area contributed by atoms with Gasteiger partial charge in [-0.1, -0.05) is 19.1 Å². The Kier molecular flexibility index (Phi) is 3.37. The van der Waals surface area contributed by atoms with E-state index in [0.29, 0.717) is 0 Å². The molecule has 20 heavy (non-hydrogen) atoms. The highest BCUT2D eigenvalue weighted by Crippen LogP contribution is 2.18. The Balaban J connectivity index is 2.01. The summed E-state index contributed by atoms with van der Waals surface area (Å²) in [5, 5.41) is 9.35. The molecule has 0 amide bonds. The Morgan fingerprint density at radius 2 is 1.95 bits per heavy atom. The van der Waals surface area contributed by atoms with E-state index in [0.717, 1.165) is 41.9 Å². The minimum absolute atomic E-state index is 0.289. The van der Waals surface area contributed by atoms with Gasteiger partial charge in [0, 0.05) is 19.2 Å². The molecular formula is C16H17N3O. The predicted octanol–water partition coefficient (Wildman–Crippen LogP) is 3.14. The van der Waals surface area contributed by atoms with Crippen molar-refractivity contribution in [1.29, 1.82) is 0 Å². The van der Waals surface area contributed by atoms with Gasteiger partial charge in [0.15, 0.2) is 5.65 Å². The second-order valence-corrected chi connectivity index (χ2v) is 4.87. The number of fused-ring (bicyclic) bond motifs is 1. The molecule has 0 saturated heterocycles. The molecule has 0 spiro atoms. The average molecular weight is 267 g/mol. The van der Waals surface area contributed by atoms with Crippen LogP contribution in [-0.2, 0) is 13.0 Å². The third-order valence-electron chi connectivity index (χ3n) is 3.33. The molecule has 1 N–H and O–H groups in total. The molecule has 0 atom stereocenters. The van der Waals surface area contributed by atoms with Gasteiger partial charge in [-0.2, -0.15) is 0 Å². The van der Waals surface area contributed by atoms with Crippen molar-refractivity contribution in [3.63, 3.8) is 0 Å². The van der Waals surface area contributed by atoms with E-state index in [2.05, 4.69) is 21.5 Å². The molecule has 102 valence electrons. The average Bonchev–Trinajstić information content (AvgIpc) is 2.80. The Morgan fingerprint density at radius 3 is 2.70 bits per heavy atom. The van der Waals surface area contributed by atoms with Crippen LogP contribution in [0.15, 0.2) is 42.6 Å². The summed E-state index contributed by atoms with van der Waals surface area (Å²) in [5.74, 6) is 1.31. The minimum atomic E-state index is 0.289. The number of aryl methyl sites for hydroxylation is 1. The number of imidazole rings is 1. The van der Waals surface area contributed by atoms with Crippen molar-refractivity contribution >= 4 is 11.2 Å². The van der Waals surface area contributed by atoms with Crippen LogP contribution in [0.2, 0.25) is 0 Å². The second kappa shape index (κ2) is 5.33. The van der Waals surface area contributed by atoms with Gasteiger partial charge in [-0.15, -0.1) is 0 Å². The van der Waals surface area contributed by atoms with Crippen molar-refractivity contribution < 1.29 is 5.11 Å². The third kappa shape index (κ3) is 2.37. The van der Waals surface area contributed by atoms with E-state index in [1.807, 2.05) is 24.3 Å². The lowest BCUT2D eigenvalue weighted by molar-refractivity contribution is 0.475. The molecule has 2 heterocycles. The van der Waals surface area contributed by atoms with E-state index in [-0.39, 0.29) is 5.75 Å². The quantitative estimate of drug-likeness (QED) is 0.790. The van der Waals surface area contributed by atoms with E-state index >= 15 is 0 Å². The fourth-order valence-electron chi connectivity index (χ4n) is 2.40. The van der Waals surface area contributed by atoms with E-state index in [1.54, 1.807) is 18.3 Å². The fourth-order valence-corrected chi connectivity index (χ4v) is 2.40. The Hall–Kier alpha value is -2.36. The molecular weight excluding hydrogens is 250 g/mol. The van der Waals surface area contributed by atoms with Crippen molar-refractivity contribution in [1.82, 2.24) is 14.5 Å². The van der Waals surface area contributed by atoms with Crippen LogP contribution in [0.3, 0.4) is 0 Å². The van der Waals surface area contributed by atoms with Crippen LogP contribution >= 0.6 is 0 Å². The van der Waals surface area contributed by atoms with Crippen LogP contribution in [0.25, 0.3) is 11.2 Å². The van der Waals surface area contributed by atoms with Crippen LogP contribution in [-0.4, -0.2) is 19.6 Å². The van der Waals surface area contributed by atoms with Crippen molar-refractivity contribution in [3.8, 4) is 5.75 Å². The maximum Gasteiger partial charge on any atom is 0.159 e.